The van der Waals surface area contributed by atoms with Gasteiger partial charge in [-0.3, -0.25) is 4.79 Å². The number of aliphatic hydroxyl groups is 1. The monoisotopic (exact) mass is 246 g/mol. The second-order valence-electron chi connectivity index (χ2n) is 3.82. The van der Waals surface area contributed by atoms with Gasteiger partial charge in [0.1, 0.15) is 11.5 Å². The number of hydrogen-bond donors (Lipinski definition) is 1. The van der Waals surface area contributed by atoms with Crippen molar-refractivity contribution in [3.8, 4) is 11.5 Å². The minimum atomic E-state index is -0.439. The highest BCUT2D eigenvalue weighted by Gasteiger charge is 2.05. The Morgan fingerprint density at radius 1 is 1.11 bits per heavy atom. The van der Waals surface area contributed by atoms with Gasteiger partial charge in [-0.1, -0.05) is 12.1 Å². The molecule has 0 radical (unpaired) electrons. The highest BCUT2D eigenvalue weighted by molar-refractivity contribution is 5.86. The second kappa shape index (κ2) is 5.51. The Hall–Kier alpha value is -2.07. The molecule has 0 unspecified atom stereocenters. The minimum Gasteiger partial charge on any atom is -0.497 e. The predicted molar refractivity (Wildman–Crippen MR) is 67.8 cm³/mol. The summed E-state index contributed by atoms with van der Waals surface area (Å²) in [7, 11) is 1.62. The van der Waals surface area contributed by atoms with Gasteiger partial charge >= 0.3 is 5.97 Å². The summed E-state index contributed by atoms with van der Waals surface area (Å²) in [5.74, 6) is 0.823. The van der Waals surface area contributed by atoms with E-state index < -0.39 is 5.97 Å². The van der Waals surface area contributed by atoms with E-state index in [2.05, 4.69) is 0 Å². The number of carbonyl (C=O) groups is 1. The van der Waals surface area contributed by atoms with E-state index >= 15 is 0 Å². The van der Waals surface area contributed by atoms with Gasteiger partial charge in [0.15, 0.2) is 0 Å². The standard InChI is InChI=1S/C14H14O4/c1-17-12-4-2-11-9-13(5-3-10(11)8-12)18-14(16)6-7-15/h2-5,8-9,15H,6-7H2,1H3. The van der Waals surface area contributed by atoms with Crippen LogP contribution >= 0.6 is 0 Å². The van der Waals surface area contributed by atoms with E-state index in [9.17, 15) is 4.79 Å². The Balaban J connectivity index is 2.25. The number of carbonyl (C=O) groups excluding carboxylic acids is 1. The maximum Gasteiger partial charge on any atom is 0.313 e. The smallest absolute Gasteiger partial charge is 0.313 e. The fraction of sp³-hybridized carbons (Fsp3) is 0.214. The average molecular weight is 246 g/mol. The molecule has 0 aromatic heterocycles. The van der Waals surface area contributed by atoms with Gasteiger partial charge in [0.25, 0.3) is 0 Å². The molecule has 0 fully saturated rings. The van der Waals surface area contributed by atoms with Crippen LogP contribution in [0.5, 0.6) is 11.5 Å². The zero-order chi connectivity index (χ0) is 13.0. The highest BCUT2D eigenvalue weighted by atomic mass is 16.5. The summed E-state index contributed by atoms with van der Waals surface area (Å²) in [6.07, 6.45) is 0.000645. The number of aliphatic hydroxyl groups excluding tert-OH is 1. The molecule has 0 aliphatic carbocycles. The lowest BCUT2D eigenvalue weighted by molar-refractivity contribution is -0.135. The molecule has 1 N–H and O–H groups in total. The summed E-state index contributed by atoms with van der Waals surface area (Å²) in [5, 5.41) is 10.6. The average Bonchev–Trinajstić information content (AvgIpc) is 2.38. The zero-order valence-corrected chi connectivity index (χ0v) is 10.1. The lowest BCUT2D eigenvalue weighted by Gasteiger charge is -2.06. The van der Waals surface area contributed by atoms with Crippen molar-refractivity contribution in [2.45, 2.75) is 6.42 Å². The van der Waals surface area contributed by atoms with Crippen LogP contribution in [0.25, 0.3) is 10.8 Å². The summed E-state index contributed by atoms with van der Waals surface area (Å²) in [4.78, 5) is 11.2. The van der Waals surface area contributed by atoms with E-state index in [0.717, 1.165) is 16.5 Å². The van der Waals surface area contributed by atoms with Crippen LogP contribution < -0.4 is 9.47 Å². The van der Waals surface area contributed by atoms with E-state index in [-0.39, 0.29) is 13.0 Å². The summed E-state index contributed by atoms with van der Waals surface area (Å²) in [5.41, 5.74) is 0. The highest BCUT2D eigenvalue weighted by Crippen LogP contribution is 2.24. The summed E-state index contributed by atoms with van der Waals surface area (Å²) >= 11 is 0. The molecule has 0 saturated heterocycles. The third-order valence-corrected chi connectivity index (χ3v) is 2.57. The molecule has 0 aliphatic heterocycles. The normalized spacial score (nSPS) is 10.3. The first-order valence-electron chi connectivity index (χ1n) is 5.62. The van der Waals surface area contributed by atoms with Crippen LogP contribution in [0.1, 0.15) is 6.42 Å². The Kier molecular flexibility index (Phi) is 3.79. The number of esters is 1. The third-order valence-electron chi connectivity index (χ3n) is 2.57. The van der Waals surface area contributed by atoms with Gasteiger partial charge in [0, 0.05) is 0 Å². The molecule has 18 heavy (non-hydrogen) atoms. The van der Waals surface area contributed by atoms with Gasteiger partial charge < -0.3 is 14.6 Å². The van der Waals surface area contributed by atoms with Crippen molar-refractivity contribution in [1.82, 2.24) is 0 Å². The number of benzene rings is 2. The Bertz CT molecular complexity index is 563. The van der Waals surface area contributed by atoms with Crippen LogP contribution in [-0.4, -0.2) is 24.8 Å². The molecule has 0 spiro atoms. The molecule has 4 nitrogen and oxygen atoms in total. The molecular weight excluding hydrogens is 232 g/mol. The lowest BCUT2D eigenvalue weighted by atomic mass is 10.1. The summed E-state index contributed by atoms with van der Waals surface area (Å²) < 4.78 is 10.2. The fourth-order valence-electron chi connectivity index (χ4n) is 1.67. The van der Waals surface area contributed by atoms with Crippen LogP contribution in [0.4, 0.5) is 0 Å². The molecule has 4 heteroatoms. The van der Waals surface area contributed by atoms with Crippen LogP contribution in [0.15, 0.2) is 36.4 Å². The molecule has 94 valence electrons. The van der Waals surface area contributed by atoms with Crippen molar-refractivity contribution in [1.29, 1.82) is 0 Å². The fourth-order valence-corrected chi connectivity index (χ4v) is 1.67. The molecule has 0 atom stereocenters. The first kappa shape index (κ1) is 12.4. The van der Waals surface area contributed by atoms with Gasteiger partial charge in [-0.25, -0.2) is 0 Å². The van der Waals surface area contributed by atoms with Gasteiger partial charge in [-0.05, 0) is 35.0 Å². The molecule has 0 amide bonds. The number of rotatable bonds is 4. The molecule has 2 aromatic carbocycles. The van der Waals surface area contributed by atoms with Gasteiger partial charge in [-0.15, -0.1) is 0 Å². The minimum absolute atomic E-state index is 0.000645. The summed E-state index contributed by atoms with van der Waals surface area (Å²) in [6, 6.07) is 11.0. The van der Waals surface area contributed by atoms with E-state index in [1.165, 1.54) is 0 Å². The Morgan fingerprint density at radius 2 is 1.72 bits per heavy atom. The van der Waals surface area contributed by atoms with Crippen LogP contribution in [0.3, 0.4) is 0 Å². The lowest BCUT2D eigenvalue weighted by Crippen LogP contribution is -2.09. The molecule has 2 aromatic rings. The number of ether oxygens (including phenoxy) is 2. The van der Waals surface area contributed by atoms with Gasteiger partial charge in [-0.2, -0.15) is 0 Å². The van der Waals surface area contributed by atoms with E-state index in [1.54, 1.807) is 19.2 Å². The predicted octanol–water partition coefficient (Wildman–Crippen LogP) is 2.14. The maximum atomic E-state index is 11.2. The second-order valence-corrected chi connectivity index (χ2v) is 3.82. The largest absolute Gasteiger partial charge is 0.497 e. The van der Waals surface area contributed by atoms with Crippen molar-refractivity contribution in [2.24, 2.45) is 0 Å². The molecule has 2 rings (SSSR count). The molecule has 0 aliphatic rings. The third kappa shape index (κ3) is 2.78. The quantitative estimate of drug-likeness (QED) is 0.663. The van der Waals surface area contributed by atoms with Crippen molar-refractivity contribution >= 4 is 16.7 Å². The number of methoxy groups -OCH3 is 1. The van der Waals surface area contributed by atoms with E-state index in [4.69, 9.17) is 14.6 Å². The van der Waals surface area contributed by atoms with Crippen LogP contribution in [-0.2, 0) is 4.79 Å². The Morgan fingerprint density at radius 3 is 2.33 bits per heavy atom. The Labute approximate surface area is 105 Å². The van der Waals surface area contributed by atoms with E-state index in [1.807, 2.05) is 24.3 Å². The SMILES string of the molecule is COc1ccc2cc(OC(=O)CCO)ccc2c1. The van der Waals surface area contributed by atoms with Crippen molar-refractivity contribution in [3.63, 3.8) is 0 Å². The zero-order valence-electron chi connectivity index (χ0n) is 10.1. The number of hydrogen-bond acceptors (Lipinski definition) is 4. The first-order chi connectivity index (χ1) is 8.72. The maximum absolute atomic E-state index is 11.2. The van der Waals surface area contributed by atoms with Crippen molar-refractivity contribution < 1.29 is 19.4 Å². The van der Waals surface area contributed by atoms with Gasteiger partial charge in [0.2, 0.25) is 0 Å². The van der Waals surface area contributed by atoms with Crippen LogP contribution in [0, 0.1) is 0 Å². The summed E-state index contributed by atoms with van der Waals surface area (Å²) in [6.45, 7) is -0.205. The van der Waals surface area contributed by atoms with Crippen molar-refractivity contribution in [2.75, 3.05) is 13.7 Å². The number of fused-ring (bicyclic) bond motifs is 1. The molecule has 0 saturated carbocycles. The molecule has 0 heterocycles. The molecular formula is C14H14O4. The molecule has 0 bridgehead atoms. The van der Waals surface area contributed by atoms with Gasteiger partial charge in [0.05, 0.1) is 20.1 Å². The van der Waals surface area contributed by atoms with Crippen molar-refractivity contribution in [3.05, 3.63) is 36.4 Å². The topological polar surface area (TPSA) is 55.8 Å². The van der Waals surface area contributed by atoms with Crippen LogP contribution in [0.2, 0.25) is 0 Å². The first-order valence-corrected chi connectivity index (χ1v) is 5.62. The van der Waals surface area contributed by atoms with E-state index in [0.29, 0.717) is 5.75 Å².